The van der Waals surface area contributed by atoms with Crippen molar-refractivity contribution >= 4 is 32.9 Å². The van der Waals surface area contributed by atoms with E-state index in [1.165, 1.54) is 0 Å². The smallest absolute Gasteiger partial charge is 0.257 e. The number of aryl methyl sites for hydroxylation is 2. The van der Waals surface area contributed by atoms with Crippen LogP contribution in [0.5, 0.6) is 5.75 Å². The molecule has 3 rings (SSSR count). The number of ether oxygens (including phenoxy) is 1. The van der Waals surface area contributed by atoms with Crippen molar-refractivity contribution in [1.29, 1.82) is 0 Å². The number of aromatic amines is 1. The molecule has 25 heavy (non-hydrogen) atoms. The zero-order valence-electron chi connectivity index (χ0n) is 14.2. The van der Waals surface area contributed by atoms with E-state index in [2.05, 4.69) is 31.2 Å². The number of hydrogen-bond donors (Lipinski definition) is 2. The first-order chi connectivity index (χ1) is 12.0. The molecule has 6 heteroatoms. The second-order valence-electron chi connectivity index (χ2n) is 5.96. The number of benzene rings is 2. The molecule has 3 aromatic rings. The van der Waals surface area contributed by atoms with E-state index in [1.54, 1.807) is 0 Å². The predicted octanol–water partition coefficient (Wildman–Crippen LogP) is 3.68. The summed E-state index contributed by atoms with van der Waals surface area (Å²) in [5.41, 5.74) is 3.95. The lowest BCUT2D eigenvalue weighted by atomic mass is 10.1. The largest absolute Gasteiger partial charge is 0.483 e. The summed E-state index contributed by atoms with van der Waals surface area (Å²) in [4.78, 5) is 19.7. The highest BCUT2D eigenvalue weighted by Gasteiger charge is 2.09. The molecular weight excluding hydrogens is 382 g/mol. The number of rotatable bonds is 6. The third kappa shape index (κ3) is 4.39. The summed E-state index contributed by atoms with van der Waals surface area (Å²) in [7, 11) is 0. The van der Waals surface area contributed by atoms with Gasteiger partial charge in [-0.05, 0) is 49.2 Å². The molecule has 2 N–H and O–H groups in total. The van der Waals surface area contributed by atoms with Crippen LogP contribution in [0.2, 0.25) is 0 Å². The number of hydrogen-bond acceptors (Lipinski definition) is 3. The molecule has 1 amide bonds. The Kier molecular flexibility index (Phi) is 5.38. The van der Waals surface area contributed by atoms with Crippen LogP contribution in [0.3, 0.4) is 0 Å². The lowest BCUT2D eigenvalue weighted by Gasteiger charge is -2.12. The van der Waals surface area contributed by atoms with Gasteiger partial charge in [0.25, 0.3) is 5.91 Å². The summed E-state index contributed by atoms with van der Waals surface area (Å²) in [6, 6.07) is 11.8. The van der Waals surface area contributed by atoms with E-state index in [9.17, 15) is 4.79 Å². The number of para-hydroxylation sites is 2. The summed E-state index contributed by atoms with van der Waals surface area (Å²) in [5.74, 6) is 1.48. The van der Waals surface area contributed by atoms with Crippen LogP contribution >= 0.6 is 15.9 Å². The van der Waals surface area contributed by atoms with E-state index in [1.807, 2.05) is 50.2 Å². The Bertz CT molecular complexity index is 849. The zero-order chi connectivity index (χ0) is 17.8. The fraction of sp³-hybridized carbons (Fsp3) is 0.263. The lowest BCUT2D eigenvalue weighted by molar-refractivity contribution is -0.123. The van der Waals surface area contributed by atoms with Gasteiger partial charge in [0.1, 0.15) is 11.6 Å². The van der Waals surface area contributed by atoms with Gasteiger partial charge in [-0.3, -0.25) is 4.79 Å². The number of carbonyl (C=O) groups excluding carboxylic acids is 1. The maximum Gasteiger partial charge on any atom is 0.257 e. The maximum atomic E-state index is 12.0. The van der Waals surface area contributed by atoms with Crippen molar-refractivity contribution in [1.82, 2.24) is 15.3 Å². The summed E-state index contributed by atoms with van der Waals surface area (Å²) < 4.78 is 6.68. The Labute approximate surface area is 154 Å². The molecule has 2 aromatic carbocycles. The Morgan fingerprint density at radius 2 is 1.96 bits per heavy atom. The molecule has 0 fully saturated rings. The molecule has 0 radical (unpaired) electrons. The number of imidazole rings is 1. The van der Waals surface area contributed by atoms with Crippen LogP contribution in [0.1, 0.15) is 17.0 Å². The quantitative estimate of drug-likeness (QED) is 0.661. The monoisotopic (exact) mass is 401 g/mol. The van der Waals surface area contributed by atoms with Gasteiger partial charge >= 0.3 is 0 Å². The van der Waals surface area contributed by atoms with Gasteiger partial charge in [-0.1, -0.05) is 28.1 Å². The van der Waals surface area contributed by atoms with E-state index in [0.717, 1.165) is 38.2 Å². The van der Waals surface area contributed by atoms with Crippen molar-refractivity contribution in [2.24, 2.45) is 0 Å². The fourth-order valence-corrected chi connectivity index (χ4v) is 3.44. The van der Waals surface area contributed by atoms with Crippen molar-refractivity contribution < 1.29 is 9.53 Å². The topological polar surface area (TPSA) is 67.0 Å². The molecule has 5 nitrogen and oxygen atoms in total. The van der Waals surface area contributed by atoms with Gasteiger partial charge in [-0.15, -0.1) is 0 Å². The number of nitrogens with zero attached hydrogens (tertiary/aromatic N) is 1. The summed E-state index contributed by atoms with van der Waals surface area (Å²) >= 11 is 3.45. The van der Waals surface area contributed by atoms with Gasteiger partial charge in [0.05, 0.1) is 11.0 Å². The maximum absolute atomic E-state index is 12.0. The number of carbonyl (C=O) groups is 1. The molecule has 0 spiro atoms. The first-order valence-corrected chi connectivity index (χ1v) is 8.92. The van der Waals surface area contributed by atoms with E-state index in [0.29, 0.717) is 13.0 Å². The van der Waals surface area contributed by atoms with Gasteiger partial charge < -0.3 is 15.0 Å². The first kappa shape index (κ1) is 17.5. The molecule has 0 aliphatic rings. The SMILES string of the molecule is Cc1cc(Br)cc(C)c1OCC(=O)NCCc1nc2ccccc2[nH]1. The van der Waals surface area contributed by atoms with Crippen molar-refractivity contribution in [3.05, 3.63) is 57.8 Å². The van der Waals surface area contributed by atoms with Gasteiger partial charge in [-0.25, -0.2) is 4.98 Å². The minimum absolute atomic E-state index is 0.00342. The number of H-pyrrole nitrogens is 1. The van der Waals surface area contributed by atoms with Crippen LogP contribution in [-0.2, 0) is 11.2 Å². The first-order valence-electron chi connectivity index (χ1n) is 8.13. The molecule has 0 aliphatic heterocycles. The van der Waals surface area contributed by atoms with Gasteiger partial charge in [-0.2, -0.15) is 0 Å². The highest BCUT2D eigenvalue weighted by molar-refractivity contribution is 9.10. The van der Waals surface area contributed by atoms with Crippen molar-refractivity contribution in [3.63, 3.8) is 0 Å². The van der Waals surface area contributed by atoms with Gasteiger partial charge in [0.15, 0.2) is 6.61 Å². The lowest BCUT2D eigenvalue weighted by Crippen LogP contribution is -2.31. The molecule has 0 atom stereocenters. The number of amides is 1. The van der Waals surface area contributed by atoms with E-state index in [-0.39, 0.29) is 12.5 Å². The van der Waals surface area contributed by atoms with Crippen LogP contribution in [0.15, 0.2) is 40.9 Å². The van der Waals surface area contributed by atoms with Gasteiger partial charge in [0.2, 0.25) is 0 Å². The minimum atomic E-state index is -0.141. The molecule has 1 aromatic heterocycles. The number of fused-ring (bicyclic) bond motifs is 1. The molecule has 130 valence electrons. The normalized spacial score (nSPS) is 10.8. The van der Waals surface area contributed by atoms with Crippen LogP contribution in [0, 0.1) is 13.8 Å². The number of halogens is 1. The van der Waals surface area contributed by atoms with Crippen molar-refractivity contribution in [3.8, 4) is 5.75 Å². The van der Waals surface area contributed by atoms with Crippen molar-refractivity contribution in [2.45, 2.75) is 20.3 Å². The average molecular weight is 402 g/mol. The minimum Gasteiger partial charge on any atom is -0.483 e. The Balaban J connectivity index is 1.48. The number of aromatic nitrogens is 2. The highest BCUT2D eigenvalue weighted by Crippen LogP contribution is 2.27. The third-order valence-electron chi connectivity index (χ3n) is 3.90. The second-order valence-corrected chi connectivity index (χ2v) is 6.87. The molecule has 0 bridgehead atoms. The molecule has 0 saturated carbocycles. The van der Waals surface area contributed by atoms with Gasteiger partial charge in [0, 0.05) is 17.4 Å². The Morgan fingerprint density at radius 3 is 2.68 bits per heavy atom. The fourth-order valence-electron chi connectivity index (χ4n) is 2.76. The molecule has 1 heterocycles. The molecule has 0 unspecified atom stereocenters. The van der Waals surface area contributed by atoms with Crippen LogP contribution in [0.4, 0.5) is 0 Å². The molecule has 0 saturated heterocycles. The van der Waals surface area contributed by atoms with E-state index < -0.39 is 0 Å². The Hall–Kier alpha value is -2.34. The zero-order valence-corrected chi connectivity index (χ0v) is 15.8. The Morgan fingerprint density at radius 1 is 1.24 bits per heavy atom. The van der Waals surface area contributed by atoms with E-state index >= 15 is 0 Å². The standard InChI is InChI=1S/C19H20BrN3O2/c1-12-9-14(20)10-13(2)19(12)25-11-18(24)21-8-7-17-22-15-5-3-4-6-16(15)23-17/h3-6,9-10H,7-8,11H2,1-2H3,(H,21,24)(H,22,23). The number of nitrogens with one attached hydrogen (secondary N) is 2. The van der Waals surface area contributed by atoms with Crippen LogP contribution in [-0.4, -0.2) is 29.0 Å². The molecular formula is C19H20BrN3O2. The van der Waals surface area contributed by atoms with Crippen molar-refractivity contribution in [2.75, 3.05) is 13.2 Å². The van der Waals surface area contributed by atoms with E-state index in [4.69, 9.17) is 4.74 Å². The second kappa shape index (κ2) is 7.70. The highest BCUT2D eigenvalue weighted by atomic mass is 79.9. The average Bonchev–Trinajstić information content (AvgIpc) is 2.96. The third-order valence-corrected chi connectivity index (χ3v) is 4.35. The summed E-state index contributed by atoms with van der Waals surface area (Å²) in [5, 5.41) is 2.86. The van der Waals surface area contributed by atoms with Crippen LogP contribution < -0.4 is 10.1 Å². The molecule has 0 aliphatic carbocycles. The summed E-state index contributed by atoms with van der Waals surface area (Å²) in [6.45, 7) is 4.45. The summed E-state index contributed by atoms with van der Waals surface area (Å²) in [6.07, 6.45) is 0.650. The predicted molar refractivity (Wildman–Crippen MR) is 102 cm³/mol. The van der Waals surface area contributed by atoms with Crippen LogP contribution in [0.25, 0.3) is 11.0 Å².